The molecule has 4 unspecified atom stereocenters. The summed E-state index contributed by atoms with van der Waals surface area (Å²) in [7, 11) is 0. The summed E-state index contributed by atoms with van der Waals surface area (Å²) in [5, 5.41) is 24.3. The van der Waals surface area contributed by atoms with Gasteiger partial charge in [-0.05, 0) is 119 Å². The van der Waals surface area contributed by atoms with E-state index in [2.05, 4.69) is 13.8 Å². The molecule has 17 aromatic rings. The van der Waals surface area contributed by atoms with Gasteiger partial charge in [0.2, 0.25) is 0 Å². The number of para-hydroxylation sites is 8. The zero-order chi connectivity index (χ0) is 65.0. The molecule has 0 amide bonds. The molecule has 6 heterocycles. The van der Waals surface area contributed by atoms with Crippen LogP contribution in [0, 0.1) is 0 Å². The minimum atomic E-state index is -1.21. The first-order valence-electron chi connectivity index (χ1n) is 31.7. The molecule has 4 atom stereocenters. The van der Waals surface area contributed by atoms with Gasteiger partial charge in [-0.3, -0.25) is 37.4 Å². The van der Waals surface area contributed by atoms with Crippen LogP contribution in [-0.4, -0.2) is 57.6 Å². The highest BCUT2D eigenvalue weighted by molar-refractivity contribution is 5.99. The molecule has 0 aliphatic carbocycles. The lowest BCUT2D eigenvalue weighted by Gasteiger charge is -2.19. The number of hydrogen-bond acceptors (Lipinski definition) is 10. The molecule has 0 saturated heterocycles. The van der Waals surface area contributed by atoms with Crippen LogP contribution in [0.5, 0.6) is 0 Å². The van der Waals surface area contributed by atoms with E-state index in [0.29, 0.717) is 79.2 Å². The molecule has 0 spiro atoms. The predicted molar refractivity (Wildman–Crippen MR) is 375 cm³/mol. The fourth-order valence-corrected chi connectivity index (χ4v) is 13.9. The lowest BCUT2D eigenvalue weighted by Crippen LogP contribution is -2.25. The van der Waals surface area contributed by atoms with E-state index < -0.39 is 34.4 Å². The Kier molecular flexibility index (Phi) is 13.6. The third kappa shape index (κ3) is 9.21. The molecule has 16 heteroatoms. The summed E-state index contributed by atoms with van der Waals surface area (Å²) in [5.41, 5.74) is 8.18. The molecule has 16 nitrogen and oxygen atoms in total. The van der Waals surface area contributed by atoms with Crippen LogP contribution in [0.1, 0.15) is 83.4 Å². The number of benzene rings is 11. The standard InChI is InChI=1S/C80H56N10O6/c1-47(49-23-7-3-8-24-49)73-81-63-31-15-19-35-67(63)85(73)53-39-55(87-69-37-21-17-33-65(69)83-75(87)71(91)51-27-11-5-12-28-51)43-57(41-53)89-77(93)59-45-61-62(46-60(59)78(89)94)80(96)90(79(61)95)58-42-54(86-68-36-20-16-32-64(68)82-74(86)48(2)50-25-9-4-10-26-50)40-56(44-58)88-70-38-22-18-34-66(70)84-76(88)72(92)52-29-13-6-14-30-52/h3-48,71-72,91-92H,1-2H3. The largest absolute Gasteiger partial charge is 0.380 e. The first-order chi connectivity index (χ1) is 46.9. The molecule has 0 fully saturated rings. The first-order valence-corrected chi connectivity index (χ1v) is 31.7. The third-order valence-corrected chi connectivity index (χ3v) is 18.7. The number of aliphatic hydroxyl groups is 2. The molecule has 96 heavy (non-hydrogen) atoms. The molecule has 0 aliphatic heterocycles. The highest BCUT2D eigenvalue weighted by atomic mass is 16.3. The van der Waals surface area contributed by atoms with Crippen LogP contribution in [-0.2, 0) is 0 Å². The quantitative estimate of drug-likeness (QED) is 0.106. The molecular formula is C80H56N10O6. The van der Waals surface area contributed by atoms with E-state index >= 15 is 19.2 Å². The van der Waals surface area contributed by atoms with E-state index in [9.17, 15) is 10.2 Å². The Balaban J connectivity index is 0.887. The number of aromatic nitrogens is 10. The average Bonchev–Trinajstić information content (AvgIpc) is 1.57. The van der Waals surface area contributed by atoms with Crippen molar-refractivity contribution in [3.8, 4) is 34.1 Å². The van der Waals surface area contributed by atoms with Crippen molar-refractivity contribution in [3.05, 3.63) is 354 Å². The van der Waals surface area contributed by atoms with Gasteiger partial charge in [0.15, 0.2) is 0 Å². The van der Waals surface area contributed by atoms with E-state index in [-0.39, 0.29) is 44.8 Å². The normalized spacial score (nSPS) is 13.2. The van der Waals surface area contributed by atoms with Gasteiger partial charge in [-0.2, -0.15) is 0 Å². The average molecular weight is 1250 g/mol. The maximum Gasteiger partial charge on any atom is 0.266 e. The van der Waals surface area contributed by atoms with Gasteiger partial charge in [0, 0.05) is 11.8 Å². The summed E-state index contributed by atoms with van der Waals surface area (Å²) in [6.45, 7) is 4.16. The predicted octanol–water partition coefficient (Wildman–Crippen LogP) is 13.7. The summed E-state index contributed by atoms with van der Waals surface area (Å²) >= 11 is 0. The van der Waals surface area contributed by atoms with Crippen LogP contribution in [0.15, 0.2) is 286 Å². The topological polar surface area (TPSA) is 190 Å². The lowest BCUT2D eigenvalue weighted by atomic mass is 10.0. The lowest BCUT2D eigenvalue weighted by molar-refractivity contribution is 0.208. The Morgan fingerprint density at radius 3 is 0.760 bits per heavy atom. The highest BCUT2D eigenvalue weighted by Crippen LogP contribution is 2.38. The monoisotopic (exact) mass is 1250 g/mol. The van der Waals surface area contributed by atoms with E-state index in [1.807, 2.05) is 249 Å². The second kappa shape index (κ2) is 22.7. The van der Waals surface area contributed by atoms with Crippen LogP contribution in [0.25, 0.3) is 99.8 Å². The molecular weight excluding hydrogens is 1200 g/mol. The summed E-state index contributed by atoms with van der Waals surface area (Å²) in [6.07, 6.45) is -2.41. The minimum absolute atomic E-state index is 0.0725. The molecule has 0 saturated carbocycles. The molecule has 0 bridgehead atoms. The fraction of sp³-hybridized carbons (Fsp3) is 0.0750. The Bertz CT molecular complexity index is 5420. The number of hydrogen-bond donors (Lipinski definition) is 2. The molecule has 17 rings (SSSR count). The van der Waals surface area contributed by atoms with E-state index in [1.54, 1.807) is 24.3 Å². The smallest absolute Gasteiger partial charge is 0.266 e. The van der Waals surface area contributed by atoms with Crippen LogP contribution >= 0.6 is 0 Å². The first kappa shape index (κ1) is 57.4. The number of rotatable bonds is 14. The molecule has 6 aromatic heterocycles. The Hall–Kier alpha value is -12.5. The minimum Gasteiger partial charge on any atom is -0.380 e. The van der Waals surface area contributed by atoms with Gasteiger partial charge in [0.25, 0.3) is 22.2 Å². The van der Waals surface area contributed by atoms with Gasteiger partial charge in [-0.25, -0.2) is 29.1 Å². The van der Waals surface area contributed by atoms with E-state index in [4.69, 9.17) is 19.9 Å². The Labute approximate surface area is 546 Å². The van der Waals surface area contributed by atoms with E-state index in [1.165, 1.54) is 12.1 Å². The van der Waals surface area contributed by atoms with Gasteiger partial charge >= 0.3 is 0 Å². The van der Waals surface area contributed by atoms with E-state index in [0.717, 1.165) is 42.3 Å². The van der Waals surface area contributed by atoms with Crippen molar-refractivity contribution >= 4 is 65.7 Å². The maximum absolute atomic E-state index is 15.6. The van der Waals surface area contributed by atoms with Crippen molar-refractivity contribution in [3.63, 3.8) is 0 Å². The van der Waals surface area contributed by atoms with Crippen molar-refractivity contribution in [1.82, 2.24) is 47.3 Å². The van der Waals surface area contributed by atoms with Gasteiger partial charge in [0.05, 0.1) is 99.8 Å². The molecule has 0 aliphatic rings. The fourth-order valence-electron chi connectivity index (χ4n) is 13.9. The zero-order valence-corrected chi connectivity index (χ0v) is 51.7. The zero-order valence-electron chi connectivity index (χ0n) is 51.7. The van der Waals surface area contributed by atoms with Crippen molar-refractivity contribution < 1.29 is 10.2 Å². The Morgan fingerprint density at radius 2 is 0.479 bits per heavy atom. The highest BCUT2D eigenvalue weighted by Gasteiger charge is 2.30. The number of fused-ring (bicyclic) bond motifs is 6. The van der Waals surface area contributed by atoms with Crippen LogP contribution < -0.4 is 22.2 Å². The maximum atomic E-state index is 15.6. The summed E-state index contributed by atoms with van der Waals surface area (Å²) in [5.74, 6) is 1.47. The van der Waals surface area contributed by atoms with Crippen LogP contribution in [0.4, 0.5) is 0 Å². The SMILES string of the molecule is CC(c1ccccc1)c1nc2ccccc2n1-c1cc(-n2c(=O)c3cc4c(=O)n(-c5cc(-n6c(C(C)c7ccccc7)nc7ccccc76)cc(-n6c(C(O)c7ccccc7)nc7ccccc76)c5)c(=O)c4cc3c2=O)cc(-n2c(C(O)c3ccccc3)nc3ccccc32)c1. The van der Waals surface area contributed by atoms with Crippen LogP contribution in [0.3, 0.4) is 0 Å². The van der Waals surface area contributed by atoms with Gasteiger partial charge in [0.1, 0.15) is 35.5 Å². The van der Waals surface area contributed by atoms with Crippen molar-refractivity contribution in [2.75, 3.05) is 0 Å². The van der Waals surface area contributed by atoms with Gasteiger partial charge < -0.3 is 10.2 Å². The summed E-state index contributed by atoms with van der Waals surface area (Å²) in [4.78, 5) is 83.0. The molecule has 0 radical (unpaired) electrons. The Morgan fingerprint density at radius 1 is 0.260 bits per heavy atom. The number of aliphatic hydroxyl groups excluding tert-OH is 2. The van der Waals surface area contributed by atoms with Crippen molar-refractivity contribution in [2.45, 2.75) is 37.9 Å². The molecule has 11 aromatic carbocycles. The summed E-state index contributed by atoms with van der Waals surface area (Å²) < 4.78 is 9.93. The van der Waals surface area contributed by atoms with Crippen molar-refractivity contribution in [1.29, 1.82) is 0 Å². The summed E-state index contributed by atoms with van der Waals surface area (Å²) in [6, 6.07) is 82.7. The molecule has 462 valence electrons. The number of imidazole rings is 4. The second-order valence-electron chi connectivity index (χ2n) is 24.3. The van der Waals surface area contributed by atoms with Crippen LogP contribution in [0.2, 0.25) is 0 Å². The van der Waals surface area contributed by atoms with Gasteiger partial charge in [-0.15, -0.1) is 0 Å². The molecule has 2 N–H and O–H groups in total. The van der Waals surface area contributed by atoms with Crippen molar-refractivity contribution in [2.24, 2.45) is 0 Å². The third-order valence-electron chi connectivity index (χ3n) is 18.7. The van der Waals surface area contributed by atoms with Gasteiger partial charge in [-0.1, -0.05) is 184 Å². The number of nitrogens with zero attached hydrogens (tertiary/aromatic N) is 10. The second-order valence-corrected chi connectivity index (χ2v) is 24.3.